The molecule has 7 nitrogen and oxygen atoms in total. The van der Waals surface area contributed by atoms with Gasteiger partial charge in [0.1, 0.15) is 0 Å². The molecule has 3 rings (SSSR count). The molecule has 0 atom stereocenters. The van der Waals surface area contributed by atoms with E-state index in [1.165, 1.54) is 6.07 Å². The zero-order valence-corrected chi connectivity index (χ0v) is 12.3. The predicted molar refractivity (Wildman–Crippen MR) is 86.4 cm³/mol. The summed E-state index contributed by atoms with van der Waals surface area (Å²) in [7, 11) is 0. The minimum Gasteiger partial charge on any atom is -0.324 e. The minimum atomic E-state index is -0.409. The van der Waals surface area contributed by atoms with E-state index in [1.807, 2.05) is 12.1 Å². The first kappa shape index (κ1) is 14.6. The normalized spacial score (nSPS) is 10.3. The fraction of sp³-hybridized carbons (Fsp3) is 0.0625. The van der Waals surface area contributed by atoms with Gasteiger partial charge in [-0.1, -0.05) is 6.07 Å². The van der Waals surface area contributed by atoms with Gasteiger partial charge >= 0.3 is 0 Å². The summed E-state index contributed by atoms with van der Waals surface area (Å²) in [5.41, 5.74) is 2.78. The van der Waals surface area contributed by atoms with Crippen molar-refractivity contribution in [1.82, 2.24) is 15.0 Å². The van der Waals surface area contributed by atoms with E-state index >= 15 is 0 Å². The Morgan fingerprint density at radius 2 is 2.00 bits per heavy atom. The number of benzene rings is 1. The molecule has 2 heterocycles. The second-order valence-electron chi connectivity index (χ2n) is 4.84. The van der Waals surface area contributed by atoms with Gasteiger partial charge < -0.3 is 5.32 Å². The van der Waals surface area contributed by atoms with Gasteiger partial charge in [-0.05, 0) is 31.2 Å². The molecule has 23 heavy (non-hydrogen) atoms. The topological polar surface area (TPSA) is 93.8 Å². The van der Waals surface area contributed by atoms with Crippen LogP contribution in [0.15, 0.2) is 55.0 Å². The maximum atomic E-state index is 11.0. The van der Waals surface area contributed by atoms with Crippen LogP contribution >= 0.6 is 0 Å². The maximum absolute atomic E-state index is 11.0. The average Bonchev–Trinajstić information content (AvgIpc) is 2.57. The molecule has 0 spiro atoms. The van der Waals surface area contributed by atoms with E-state index in [-0.39, 0.29) is 5.69 Å². The molecule has 1 N–H and O–H groups in total. The van der Waals surface area contributed by atoms with E-state index in [4.69, 9.17) is 0 Å². The van der Waals surface area contributed by atoms with Gasteiger partial charge in [-0.25, -0.2) is 9.97 Å². The molecule has 2 aromatic heterocycles. The number of rotatable bonds is 4. The molecule has 0 saturated heterocycles. The fourth-order valence-electron chi connectivity index (χ4n) is 2.17. The van der Waals surface area contributed by atoms with Crippen LogP contribution in [0.4, 0.5) is 17.3 Å². The van der Waals surface area contributed by atoms with Gasteiger partial charge in [0.15, 0.2) is 0 Å². The Kier molecular flexibility index (Phi) is 3.92. The second-order valence-corrected chi connectivity index (χ2v) is 4.84. The Morgan fingerprint density at radius 3 is 2.74 bits per heavy atom. The summed E-state index contributed by atoms with van der Waals surface area (Å²) in [5, 5.41) is 14.0. The zero-order chi connectivity index (χ0) is 16.2. The lowest BCUT2D eigenvalue weighted by atomic mass is 10.1. The molecule has 0 aliphatic carbocycles. The van der Waals surface area contributed by atoms with E-state index in [9.17, 15) is 10.1 Å². The largest absolute Gasteiger partial charge is 0.324 e. The van der Waals surface area contributed by atoms with Crippen LogP contribution < -0.4 is 5.32 Å². The Bertz CT molecular complexity index is 852. The van der Waals surface area contributed by atoms with Crippen molar-refractivity contribution < 1.29 is 4.92 Å². The Morgan fingerprint density at radius 1 is 1.13 bits per heavy atom. The summed E-state index contributed by atoms with van der Waals surface area (Å²) in [6.07, 6.45) is 5.03. The third kappa shape index (κ3) is 3.13. The molecule has 0 fully saturated rings. The molecule has 0 radical (unpaired) electrons. The molecule has 1 aromatic carbocycles. The monoisotopic (exact) mass is 307 g/mol. The van der Waals surface area contributed by atoms with Crippen LogP contribution in [0, 0.1) is 17.0 Å². The number of hydrogen-bond acceptors (Lipinski definition) is 6. The molecular weight excluding hydrogens is 294 g/mol. The smallest absolute Gasteiger partial charge is 0.274 e. The highest BCUT2D eigenvalue weighted by molar-refractivity contribution is 5.66. The van der Waals surface area contributed by atoms with Crippen LogP contribution in [-0.4, -0.2) is 19.9 Å². The number of anilines is 2. The van der Waals surface area contributed by atoms with Crippen LogP contribution in [0.1, 0.15) is 5.56 Å². The molecule has 114 valence electrons. The van der Waals surface area contributed by atoms with Crippen molar-refractivity contribution in [3.05, 3.63) is 70.7 Å². The number of nitro groups is 1. The molecular formula is C16H13N5O2. The highest BCUT2D eigenvalue weighted by atomic mass is 16.6. The minimum absolute atomic E-state index is 0.0541. The average molecular weight is 307 g/mol. The van der Waals surface area contributed by atoms with Crippen LogP contribution in [-0.2, 0) is 0 Å². The van der Waals surface area contributed by atoms with Gasteiger partial charge in [0, 0.05) is 30.2 Å². The summed E-state index contributed by atoms with van der Waals surface area (Å²) >= 11 is 0. The lowest BCUT2D eigenvalue weighted by Crippen LogP contribution is -2.01. The van der Waals surface area contributed by atoms with Gasteiger partial charge in [-0.2, -0.15) is 0 Å². The summed E-state index contributed by atoms with van der Waals surface area (Å²) in [4.78, 5) is 23.2. The molecule has 0 amide bonds. The Balaban J connectivity index is 1.93. The number of nitro benzene ring substituents is 1. The molecule has 0 unspecified atom stereocenters. The third-order valence-electron chi connectivity index (χ3n) is 3.36. The summed E-state index contributed by atoms with van der Waals surface area (Å²) < 4.78 is 0. The zero-order valence-electron chi connectivity index (χ0n) is 12.3. The number of hydrogen-bond donors (Lipinski definition) is 1. The molecule has 7 heteroatoms. The first-order valence-electron chi connectivity index (χ1n) is 6.89. The molecule has 0 saturated carbocycles. The van der Waals surface area contributed by atoms with Crippen LogP contribution in [0.3, 0.4) is 0 Å². The maximum Gasteiger partial charge on any atom is 0.274 e. The highest BCUT2D eigenvalue weighted by Crippen LogP contribution is 2.27. The summed E-state index contributed by atoms with van der Waals surface area (Å²) in [6.45, 7) is 1.69. The first-order valence-corrected chi connectivity index (χ1v) is 6.89. The van der Waals surface area contributed by atoms with E-state index in [0.29, 0.717) is 17.2 Å². The summed E-state index contributed by atoms with van der Waals surface area (Å²) in [5.74, 6) is 0.370. The van der Waals surface area contributed by atoms with Gasteiger partial charge in [-0.15, -0.1) is 0 Å². The standard InChI is InChI=1S/C16H13N5O2/c1-11-13(5-2-6-15(11)21(22)23)19-16-18-9-7-14(20-16)12-4-3-8-17-10-12/h2-10H,1H3,(H,18,19,20). The van der Waals surface area contributed by atoms with E-state index < -0.39 is 4.92 Å². The number of aromatic nitrogens is 3. The van der Waals surface area contributed by atoms with Crippen molar-refractivity contribution in [3.8, 4) is 11.3 Å². The van der Waals surface area contributed by atoms with Gasteiger partial charge in [0.2, 0.25) is 5.95 Å². The van der Waals surface area contributed by atoms with Gasteiger partial charge in [-0.3, -0.25) is 15.1 Å². The third-order valence-corrected chi connectivity index (χ3v) is 3.36. The van der Waals surface area contributed by atoms with Crippen molar-refractivity contribution in [2.45, 2.75) is 6.92 Å². The first-order chi connectivity index (χ1) is 11.1. The summed E-state index contributed by atoms with van der Waals surface area (Å²) in [6, 6.07) is 10.4. The Hall–Kier alpha value is -3.35. The van der Waals surface area contributed by atoms with E-state index in [2.05, 4.69) is 20.3 Å². The molecule has 3 aromatic rings. The number of nitrogens with zero attached hydrogens (tertiary/aromatic N) is 4. The van der Waals surface area contributed by atoms with E-state index in [1.54, 1.807) is 43.7 Å². The Labute approximate surface area is 132 Å². The highest BCUT2D eigenvalue weighted by Gasteiger charge is 2.14. The van der Waals surface area contributed by atoms with Crippen molar-refractivity contribution in [3.63, 3.8) is 0 Å². The van der Waals surface area contributed by atoms with Crippen molar-refractivity contribution >= 4 is 17.3 Å². The fourth-order valence-corrected chi connectivity index (χ4v) is 2.17. The van der Waals surface area contributed by atoms with Gasteiger partial charge in [0.05, 0.1) is 21.9 Å². The van der Waals surface area contributed by atoms with Crippen molar-refractivity contribution in [1.29, 1.82) is 0 Å². The quantitative estimate of drug-likeness (QED) is 0.585. The predicted octanol–water partition coefficient (Wildman–Crippen LogP) is 3.50. The molecule has 0 aliphatic heterocycles. The lowest BCUT2D eigenvalue weighted by Gasteiger charge is -2.09. The van der Waals surface area contributed by atoms with Crippen molar-refractivity contribution in [2.24, 2.45) is 0 Å². The van der Waals surface area contributed by atoms with Crippen LogP contribution in [0.25, 0.3) is 11.3 Å². The number of pyridine rings is 1. The number of nitrogens with one attached hydrogen (secondary N) is 1. The van der Waals surface area contributed by atoms with Crippen LogP contribution in [0.2, 0.25) is 0 Å². The SMILES string of the molecule is Cc1c(Nc2nccc(-c3cccnc3)n2)cccc1[N+](=O)[O-]. The lowest BCUT2D eigenvalue weighted by molar-refractivity contribution is -0.385. The molecule has 0 bridgehead atoms. The van der Waals surface area contributed by atoms with E-state index in [0.717, 1.165) is 11.3 Å². The second kappa shape index (κ2) is 6.18. The molecule has 0 aliphatic rings. The van der Waals surface area contributed by atoms with Crippen molar-refractivity contribution in [2.75, 3.05) is 5.32 Å². The van der Waals surface area contributed by atoms with Gasteiger partial charge in [0.25, 0.3) is 5.69 Å². The van der Waals surface area contributed by atoms with Crippen LogP contribution in [0.5, 0.6) is 0 Å².